The van der Waals surface area contributed by atoms with E-state index in [1.54, 1.807) is 24.3 Å². The van der Waals surface area contributed by atoms with Crippen LogP contribution in [0.25, 0.3) is 16.7 Å². The zero-order chi connectivity index (χ0) is 15.3. The molecule has 0 aliphatic heterocycles. The molecule has 2 aromatic heterocycles. The van der Waals surface area contributed by atoms with Gasteiger partial charge in [-0.1, -0.05) is 12.1 Å². The second kappa shape index (κ2) is 4.62. The van der Waals surface area contributed by atoms with Crippen LogP contribution in [0.15, 0.2) is 36.5 Å². The molecule has 2 heterocycles. The van der Waals surface area contributed by atoms with Crippen molar-refractivity contribution in [2.75, 3.05) is 0 Å². The third kappa shape index (κ3) is 1.95. The van der Waals surface area contributed by atoms with E-state index in [0.29, 0.717) is 17.0 Å². The lowest BCUT2D eigenvalue weighted by Crippen LogP contribution is -2.04. The summed E-state index contributed by atoms with van der Waals surface area (Å²) < 4.78 is 15.4. The molecule has 1 aliphatic carbocycles. The van der Waals surface area contributed by atoms with E-state index in [4.69, 9.17) is 0 Å². The Morgan fingerprint density at radius 3 is 2.77 bits per heavy atom. The fraction of sp³-hybridized carbons (Fsp3) is 0.188. The fourth-order valence-corrected chi connectivity index (χ4v) is 2.58. The van der Waals surface area contributed by atoms with Crippen LogP contribution < -0.4 is 0 Å². The third-order valence-electron chi connectivity index (χ3n) is 3.87. The molecule has 22 heavy (non-hydrogen) atoms. The summed E-state index contributed by atoms with van der Waals surface area (Å²) in [6.07, 6.45) is 3.44. The lowest BCUT2D eigenvalue weighted by Gasteiger charge is -2.07. The Labute approximate surface area is 125 Å². The summed E-state index contributed by atoms with van der Waals surface area (Å²) in [5, 5.41) is 14.0. The summed E-state index contributed by atoms with van der Waals surface area (Å²) in [6.45, 7) is 0. The molecule has 0 amide bonds. The van der Waals surface area contributed by atoms with E-state index in [1.165, 1.54) is 16.9 Å². The molecule has 3 aromatic rings. The molecular formula is C16H12FN3O2. The molecule has 1 N–H and O–H groups in total. The smallest absolute Gasteiger partial charge is 0.336 e. The van der Waals surface area contributed by atoms with Gasteiger partial charge in [0.05, 0.1) is 17.1 Å². The van der Waals surface area contributed by atoms with Gasteiger partial charge < -0.3 is 5.11 Å². The van der Waals surface area contributed by atoms with Crippen molar-refractivity contribution >= 4 is 17.0 Å². The number of carbonyl (C=O) groups is 1. The molecule has 1 fully saturated rings. The monoisotopic (exact) mass is 297 g/mol. The number of hydrogen-bond acceptors (Lipinski definition) is 3. The Morgan fingerprint density at radius 2 is 2.09 bits per heavy atom. The number of fused-ring (bicyclic) bond motifs is 1. The molecule has 5 nitrogen and oxygen atoms in total. The summed E-state index contributed by atoms with van der Waals surface area (Å²) in [6, 6.07) is 7.83. The standard InChI is InChI=1S/C16H12FN3O2/c17-12-3-1-2-4-14(12)20-15-11(8-18-20)10(16(21)22)7-13(19-15)9-5-6-9/h1-4,7-9H,5-6H2,(H,21,22). The first-order valence-electron chi connectivity index (χ1n) is 7.02. The quantitative estimate of drug-likeness (QED) is 0.806. The zero-order valence-electron chi connectivity index (χ0n) is 11.5. The topological polar surface area (TPSA) is 68.0 Å². The molecule has 110 valence electrons. The van der Waals surface area contributed by atoms with Gasteiger partial charge in [-0.05, 0) is 31.0 Å². The Kier molecular flexibility index (Phi) is 2.72. The largest absolute Gasteiger partial charge is 0.478 e. The molecule has 0 spiro atoms. The molecule has 0 saturated heterocycles. The van der Waals surface area contributed by atoms with E-state index in [2.05, 4.69) is 10.1 Å². The highest BCUT2D eigenvalue weighted by atomic mass is 19.1. The van der Waals surface area contributed by atoms with E-state index in [0.717, 1.165) is 18.5 Å². The van der Waals surface area contributed by atoms with Crippen LogP contribution in [0.1, 0.15) is 34.8 Å². The predicted molar refractivity (Wildman–Crippen MR) is 77.8 cm³/mol. The Bertz CT molecular complexity index is 900. The molecule has 1 aromatic carbocycles. The van der Waals surface area contributed by atoms with E-state index in [1.807, 2.05) is 0 Å². The van der Waals surface area contributed by atoms with Gasteiger partial charge in [-0.3, -0.25) is 0 Å². The fourth-order valence-electron chi connectivity index (χ4n) is 2.58. The number of rotatable bonds is 3. The lowest BCUT2D eigenvalue weighted by molar-refractivity contribution is 0.0699. The Hall–Kier alpha value is -2.76. The van der Waals surface area contributed by atoms with Gasteiger partial charge in [0.2, 0.25) is 0 Å². The molecular weight excluding hydrogens is 285 g/mol. The molecule has 6 heteroatoms. The van der Waals surface area contributed by atoms with Crippen LogP contribution in [-0.2, 0) is 0 Å². The van der Waals surface area contributed by atoms with Gasteiger partial charge in [0, 0.05) is 11.6 Å². The van der Waals surface area contributed by atoms with Crippen molar-refractivity contribution in [1.82, 2.24) is 14.8 Å². The van der Waals surface area contributed by atoms with Crippen molar-refractivity contribution in [1.29, 1.82) is 0 Å². The van der Waals surface area contributed by atoms with Crippen LogP contribution in [-0.4, -0.2) is 25.8 Å². The van der Waals surface area contributed by atoms with Gasteiger partial charge in [0.15, 0.2) is 5.65 Å². The van der Waals surface area contributed by atoms with Gasteiger partial charge in [-0.25, -0.2) is 18.9 Å². The van der Waals surface area contributed by atoms with E-state index < -0.39 is 11.8 Å². The minimum Gasteiger partial charge on any atom is -0.478 e. The average molecular weight is 297 g/mol. The number of nitrogens with zero attached hydrogens (tertiary/aromatic N) is 3. The highest BCUT2D eigenvalue weighted by Gasteiger charge is 2.28. The summed E-state index contributed by atoms with van der Waals surface area (Å²) in [5.74, 6) is -1.16. The molecule has 0 bridgehead atoms. The third-order valence-corrected chi connectivity index (χ3v) is 3.87. The second-order valence-corrected chi connectivity index (χ2v) is 5.42. The van der Waals surface area contributed by atoms with E-state index in [9.17, 15) is 14.3 Å². The van der Waals surface area contributed by atoms with E-state index >= 15 is 0 Å². The number of pyridine rings is 1. The highest BCUT2D eigenvalue weighted by molar-refractivity contribution is 6.02. The van der Waals surface area contributed by atoms with Crippen LogP contribution in [0.5, 0.6) is 0 Å². The first kappa shape index (κ1) is 12.9. The number of carboxylic acids is 1. The average Bonchev–Trinajstić information content (AvgIpc) is 3.27. The van der Waals surface area contributed by atoms with Crippen LogP contribution in [0.4, 0.5) is 4.39 Å². The molecule has 0 atom stereocenters. The highest BCUT2D eigenvalue weighted by Crippen LogP contribution is 2.40. The Morgan fingerprint density at radius 1 is 1.32 bits per heavy atom. The zero-order valence-corrected chi connectivity index (χ0v) is 11.5. The van der Waals surface area contributed by atoms with Crippen molar-refractivity contribution in [2.24, 2.45) is 0 Å². The molecule has 0 radical (unpaired) electrons. The van der Waals surface area contributed by atoms with Gasteiger partial charge in [0.25, 0.3) is 0 Å². The maximum Gasteiger partial charge on any atom is 0.336 e. The van der Waals surface area contributed by atoms with Crippen molar-refractivity contribution in [3.8, 4) is 5.69 Å². The second-order valence-electron chi connectivity index (χ2n) is 5.42. The number of halogens is 1. The number of carboxylic acid groups (broad SMARTS) is 1. The number of hydrogen-bond donors (Lipinski definition) is 1. The summed E-state index contributed by atoms with van der Waals surface area (Å²) in [7, 11) is 0. The number of benzene rings is 1. The summed E-state index contributed by atoms with van der Waals surface area (Å²) in [4.78, 5) is 16.0. The van der Waals surface area contributed by atoms with Gasteiger partial charge >= 0.3 is 5.97 Å². The molecule has 1 saturated carbocycles. The maximum atomic E-state index is 14.0. The molecule has 0 unspecified atom stereocenters. The number of aromatic carboxylic acids is 1. The van der Waals surface area contributed by atoms with Crippen LogP contribution in [0, 0.1) is 5.82 Å². The minimum atomic E-state index is -1.03. The predicted octanol–water partition coefficient (Wildman–Crippen LogP) is 3.14. The normalized spacial score (nSPS) is 14.4. The van der Waals surface area contributed by atoms with Crippen molar-refractivity contribution < 1.29 is 14.3 Å². The SMILES string of the molecule is O=C(O)c1cc(C2CC2)nc2c1cnn2-c1ccccc1F. The van der Waals surface area contributed by atoms with Gasteiger partial charge in [-0.2, -0.15) is 5.10 Å². The summed E-state index contributed by atoms with van der Waals surface area (Å²) >= 11 is 0. The molecule has 4 rings (SSSR count). The van der Waals surface area contributed by atoms with Crippen LogP contribution in [0.3, 0.4) is 0 Å². The number of para-hydroxylation sites is 1. The van der Waals surface area contributed by atoms with Crippen molar-refractivity contribution in [3.63, 3.8) is 0 Å². The van der Waals surface area contributed by atoms with Crippen molar-refractivity contribution in [2.45, 2.75) is 18.8 Å². The minimum absolute atomic E-state index is 0.162. The van der Waals surface area contributed by atoms with Gasteiger partial charge in [-0.15, -0.1) is 0 Å². The van der Waals surface area contributed by atoms with Crippen molar-refractivity contribution in [3.05, 3.63) is 53.6 Å². The van der Waals surface area contributed by atoms with Gasteiger partial charge in [0.1, 0.15) is 11.5 Å². The van der Waals surface area contributed by atoms with E-state index in [-0.39, 0.29) is 11.3 Å². The Balaban J connectivity index is 2.01. The number of aromatic nitrogens is 3. The van der Waals surface area contributed by atoms with Crippen LogP contribution >= 0.6 is 0 Å². The lowest BCUT2D eigenvalue weighted by atomic mass is 10.1. The maximum absolute atomic E-state index is 14.0. The van der Waals surface area contributed by atoms with Crippen LogP contribution in [0.2, 0.25) is 0 Å². The summed E-state index contributed by atoms with van der Waals surface area (Å²) in [5.41, 5.74) is 1.54. The first-order chi connectivity index (χ1) is 10.6. The first-order valence-corrected chi connectivity index (χ1v) is 7.02. The molecule has 1 aliphatic rings.